The van der Waals surface area contributed by atoms with Crippen molar-refractivity contribution in [1.29, 1.82) is 0 Å². The molecule has 3 N–H and O–H groups in total. The third-order valence-corrected chi connectivity index (χ3v) is 2.23. The number of carboxylic acid groups (broad SMARTS) is 1. The van der Waals surface area contributed by atoms with Crippen LogP contribution < -0.4 is 5.32 Å². The number of aliphatic hydroxyl groups is 1. The van der Waals surface area contributed by atoms with E-state index in [2.05, 4.69) is 15.3 Å². The Labute approximate surface area is 98.5 Å². The van der Waals surface area contributed by atoms with Gasteiger partial charge in [0.05, 0.1) is 24.0 Å². The molecule has 0 unspecified atom stereocenters. The summed E-state index contributed by atoms with van der Waals surface area (Å²) in [5, 5.41) is 20.5. The Balaban J connectivity index is 2.67. The standard InChI is InChI=1S/C10H15N3O4/c1-6-8(9(15)16)4-12-10(13-6)11-3-7(5-14)17-2/h4,7,14H,3,5H2,1-2H3,(H,15,16)(H,11,12,13)/t7-/m0/s1. The fraction of sp³-hybridized carbons (Fsp3) is 0.500. The van der Waals surface area contributed by atoms with Gasteiger partial charge in [-0.1, -0.05) is 0 Å². The zero-order chi connectivity index (χ0) is 12.8. The molecule has 1 atom stereocenters. The molecule has 0 fully saturated rings. The quantitative estimate of drug-likeness (QED) is 0.638. The maximum Gasteiger partial charge on any atom is 0.339 e. The van der Waals surface area contributed by atoms with Gasteiger partial charge < -0.3 is 20.3 Å². The van der Waals surface area contributed by atoms with E-state index in [9.17, 15) is 4.79 Å². The fourth-order valence-corrected chi connectivity index (χ4v) is 1.19. The summed E-state index contributed by atoms with van der Waals surface area (Å²) in [7, 11) is 1.49. The second kappa shape index (κ2) is 6.12. The van der Waals surface area contributed by atoms with Crippen LogP contribution >= 0.6 is 0 Å². The summed E-state index contributed by atoms with van der Waals surface area (Å²) in [5.41, 5.74) is 0.453. The number of aryl methyl sites for hydroxylation is 1. The van der Waals surface area contributed by atoms with Gasteiger partial charge in [-0.15, -0.1) is 0 Å². The maximum absolute atomic E-state index is 10.7. The number of nitrogens with zero attached hydrogens (tertiary/aromatic N) is 2. The number of carboxylic acids is 1. The Bertz CT molecular complexity index is 393. The maximum atomic E-state index is 10.7. The lowest BCUT2D eigenvalue weighted by Gasteiger charge is -2.13. The lowest BCUT2D eigenvalue weighted by Crippen LogP contribution is -2.26. The van der Waals surface area contributed by atoms with Crippen LogP contribution in [-0.2, 0) is 4.74 Å². The molecule has 17 heavy (non-hydrogen) atoms. The van der Waals surface area contributed by atoms with E-state index >= 15 is 0 Å². The Morgan fingerprint density at radius 2 is 2.35 bits per heavy atom. The van der Waals surface area contributed by atoms with Gasteiger partial charge in [0, 0.05) is 19.9 Å². The SMILES string of the molecule is CO[C@H](CO)CNc1ncc(C(=O)O)c(C)n1. The van der Waals surface area contributed by atoms with Gasteiger partial charge in [-0.05, 0) is 6.92 Å². The highest BCUT2D eigenvalue weighted by atomic mass is 16.5. The van der Waals surface area contributed by atoms with Crippen LogP contribution in [0.3, 0.4) is 0 Å². The number of aromatic nitrogens is 2. The predicted molar refractivity (Wildman–Crippen MR) is 60.1 cm³/mol. The molecular weight excluding hydrogens is 226 g/mol. The van der Waals surface area contributed by atoms with Gasteiger partial charge in [0.1, 0.15) is 0 Å². The summed E-state index contributed by atoms with van der Waals surface area (Å²) in [6, 6.07) is 0. The second-order valence-electron chi connectivity index (χ2n) is 3.42. The van der Waals surface area contributed by atoms with Crippen LogP contribution in [0.15, 0.2) is 6.20 Å². The second-order valence-corrected chi connectivity index (χ2v) is 3.42. The Kier molecular flexibility index (Phi) is 4.80. The van der Waals surface area contributed by atoms with Gasteiger partial charge in [-0.25, -0.2) is 14.8 Å². The van der Waals surface area contributed by atoms with Crippen molar-refractivity contribution >= 4 is 11.9 Å². The topological polar surface area (TPSA) is 105 Å². The summed E-state index contributed by atoms with van der Waals surface area (Å²) in [6.45, 7) is 1.82. The average Bonchev–Trinajstić information content (AvgIpc) is 2.30. The van der Waals surface area contributed by atoms with E-state index in [1.807, 2.05) is 0 Å². The summed E-state index contributed by atoms with van der Waals surface area (Å²) in [4.78, 5) is 18.6. The van der Waals surface area contributed by atoms with Crippen molar-refractivity contribution in [2.24, 2.45) is 0 Å². The van der Waals surface area contributed by atoms with Crippen LogP contribution in [-0.4, -0.2) is 52.5 Å². The van der Waals surface area contributed by atoms with E-state index < -0.39 is 5.97 Å². The monoisotopic (exact) mass is 241 g/mol. The van der Waals surface area contributed by atoms with E-state index in [4.69, 9.17) is 14.9 Å². The minimum absolute atomic E-state index is 0.0704. The van der Waals surface area contributed by atoms with Crippen LogP contribution in [0.2, 0.25) is 0 Å². The van der Waals surface area contributed by atoms with Crippen molar-refractivity contribution in [1.82, 2.24) is 9.97 Å². The fourth-order valence-electron chi connectivity index (χ4n) is 1.19. The molecule has 1 aromatic rings. The minimum atomic E-state index is -1.06. The number of rotatable bonds is 6. The average molecular weight is 241 g/mol. The number of hydrogen-bond acceptors (Lipinski definition) is 6. The van der Waals surface area contributed by atoms with Crippen LogP contribution in [0.1, 0.15) is 16.1 Å². The molecule has 1 rings (SSSR count). The highest BCUT2D eigenvalue weighted by molar-refractivity contribution is 5.88. The Morgan fingerprint density at radius 3 is 2.82 bits per heavy atom. The van der Waals surface area contributed by atoms with E-state index in [1.165, 1.54) is 13.3 Å². The summed E-state index contributed by atoms with van der Waals surface area (Å²) in [6.07, 6.45) is 0.895. The molecular formula is C10H15N3O4. The summed E-state index contributed by atoms with van der Waals surface area (Å²) >= 11 is 0. The molecule has 0 radical (unpaired) electrons. The molecule has 1 heterocycles. The molecule has 1 aromatic heterocycles. The number of nitrogens with one attached hydrogen (secondary N) is 1. The number of aromatic carboxylic acids is 1. The lowest BCUT2D eigenvalue weighted by molar-refractivity contribution is 0.0580. The smallest absolute Gasteiger partial charge is 0.339 e. The lowest BCUT2D eigenvalue weighted by atomic mass is 10.2. The number of ether oxygens (including phenoxy) is 1. The van der Waals surface area contributed by atoms with Gasteiger partial charge in [0.2, 0.25) is 5.95 Å². The van der Waals surface area contributed by atoms with Crippen LogP contribution in [0.25, 0.3) is 0 Å². The first-order chi connectivity index (χ1) is 8.08. The molecule has 0 bridgehead atoms. The molecule has 94 valence electrons. The molecule has 0 saturated heterocycles. The van der Waals surface area contributed by atoms with E-state index in [1.54, 1.807) is 6.92 Å². The molecule has 0 saturated carbocycles. The van der Waals surface area contributed by atoms with Crippen molar-refractivity contribution < 1.29 is 19.7 Å². The van der Waals surface area contributed by atoms with E-state index in [0.717, 1.165) is 0 Å². The van der Waals surface area contributed by atoms with Crippen LogP contribution in [0, 0.1) is 6.92 Å². The third kappa shape index (κ3) is 3.65. The number of hydrogen-bond donors (Lipinski definition) is 3. The van der Waals surface area contributed by atoms with Crippen molar-refractivity contribution in [3.63, 3.8) is 0 Å². The van der Waals surface area contributed by atoms with Gasteiger partial charge in [-0.2, -0.15) is 0 Å². The molecule has 7 heteroatoms. The van der Waals surface area contributed by atoms with Crippen molar-refractivity contribution in [2.75, 3.05) is 25.6 Å². The Hall–Kier alpha value is -1.73. The number of aliphatic hydroxyl groups excluding tert-OH is 1. The zero-order valence-electron chi connectivity index (χ0n) is 9.67. The largest absolute Gasteiger partial charge is 0.478 e. The molecule has 0 aliphatic rings. The zero-order valence-corrected chi connectivity index (χ0v) is 9.67. The number of anilines is 1. The highest BCUT2D eigenvalue weighted by Crippen LogP contribution is 2.07. The normalized spacial score (nSPS) is 12.2. The summed E-state index contributed by atoms with van der Waals surface area (Å²) in [5.74, 6) is -0.748. The molecule has 0 spiro atoms. The van der Waals surface area contributed by atoms with Gasteiger partial charge in [-0.3, -0.25) is 0 Å². The summed E-state index contributed by atoms with van der Waals surface area (Å²) < 4.78 is 4.95. The number of carbonyl (C=O) groups is 1. The van der Waals surface area contributed by atoms with Crippen LogP contribution in [0.5, 0.6) is 0 Å². The number of methoxy groups -OCH3 is 1. The van der Waals surface area contributed by atoms with Crippen molar-refractivity contribution in [3.05, 3.63) is 17.5 Å². The molecule has 0 aliphatic heterocycles. The van der Waals surface area contributed by atoms with Gasteiger partial charge >= 0.3 is 5.97 Å². The third-order valence-electron chi connectivity index (χ3n) is 2.23. The van der Waals surface area contributed by atoms with Gasteiger partial charge in [0.15, 0.2) is 0 Å². The van der Waals surface area contributed by atoms with Crippen molar-refractivity contribution in [3.8, 4) is 0 Å². The Morgan fingerprint density at radius 1 is 1.65 bits per heavy atom. The van der Waals surface area contributed by atoms with E-state index in [-0.39, 0.29) is 18.3 Å². The first-order valence-corrected chi connectivity index (χ1v) is 5.03. The van der Waals surface area contributed by atoms with Gasteiger partial charge in [0.25, 0.3) is 0 Å². The highest BCUT2D eigenvalue weighted by Gasteiger charge is 2.11. The first-order valence-electron chi connectivity index (χ1n) is 5.03. The van der Waals surface area contributed by atoms with E-state index in [0.29, 0.717) is 18.2 Å². The minimum Gasteiger partial charge on any atom is -0.478 e. The molecule has 0 aromatic carbocycles. The van der Waals surface area contributed by atoms with Crippen LogP contribution in [0.4, 0.5) is 5.95 Å². The molecule has 0 amide bonds. The predicted octanol–water partition coefficient (Wildman–Crippen LogP) is -0.0976. The molecule has 7 nitrogen and oxygen atoms in total. The first kappa shape index (κ1) is 13.3. The van der Waals surface area contributed by atoms with Crippen molar-refractivity contribution in [2.45, 2.75) is 13.0 Å². The molecule has 0 aliphatic carbocycles.